The highest BCUT2D eigenvalue weighted by molar-refractivity contribution is 5.58. The number of aryl methyl sites for hydroxylation is 1. The van der Waals surface area contributed by atoms with E-state index in [2.05, 4.69) is 45.1 Å². The van der Waals surface area contributed by atoms with E-state index in [1.807, 2.05) is 18.3 Å². The summed E-state index contributed by atoms with van der Waals surface area (Å²) in [7, 11) is 3.85. The van der Waals surface area contributed by atoms with Crippen LogP contribution in [0.1, 0.15) is 37.5 Å². The Morgan fingerprint density at radius 1 is 1.24 bits per heavy atom. The van der Waals surface area contributed by atoms with Crippen molar-refractivity contribution in [1.82, 2.24) is 14.9 Å². The molecule has 1 aromatic carbocycles. The second-order valence-electron chi connectivity index (χ2n) is 7.34. The fourth-order valence-electron chi connectivity index (χ4n) is 4.00. The molecule has 4 rings (SSSR count). The van der Waals surface area contributed by atoms with Crippen LogP contribution >= 0.6 is 0 Å². The van der Waals surface area contributed by atoms with Gasteiger partial charge in [0.15, 0.2) is 0 Å². The van der Waals surface area contributed by atoms with Gasteiger partial charge in [0.05, 0.1) is 18.8 Å². The van der Waals surface area contributed by atoms with Crippen molar-refractivity contribution in [2.75, 3.05) is 25.1 Å². The lowest BCUT2D eigenvalue weighted by Crippen LogP contribution is -2.47. The molecule has 5 nitrogen and oxygen atoms in total. The van der Waals surface area contributed by atoms with E-state index >= 15 is 0 Å². The van der Waals surface area contributed by atoms with Crippen LogP contribution in [-0.4, -0.2) is 35.8 Å². The van der Waals surface area contributed by atoms with Crippen LogP contribution in [0.3, 0.4) is 0 Å². The standard InChI is InChI=1S/C20H28N4O/c1-23-13-11-21-20(23)19(15-9-10-15)22-16-6-5-12-24(14-16)17-7-3-4-8-18(17)25-2/h3-4,7-8,11,13,15-16,19,22H,5-6,9-10,12,14H2,1-2H3/t16-,19-/m0/s1. The van der Waals surface area contributed by atoms with Crippen LogP contribution in [0.5, 0.6) is 5.75 Å². The summed E-state index contributed by atoms with van der Waals surface area (Å²) < 4.78 is 7.73. The first kappa shape index (κ1) is 16.5. The third kappa shape index (κ3) is 3.52. The van der Waals surface area contributed by atoms with Crippen LogP contribution < -0.4 is 15.0 Å². The summed E-state index contributed by atoms with van der Waals surface area (Å²) in [4.78, 5) is 7.07. The monoisotopic (exact) mass is 340 g/mol. The van der Waals surface area contributed by atoms with Crippen molar-refractivity contribution in [3.05, 3.63) is 42.5 Å². The number of piperidine rings is 1. The van der Waals surface area contributed by atoms with E-state index in [-0.39, 0.29) is 0 Å². The van der Waals surface area contributed by atoms with E-state index in [1.165, 1.54) is 37.2 Å². The van der Waals surface area contributed by atoms with Gasteiger partial charge < -0.3 is 19.5 Å². The number of nitrogens with one attached hydrogen (secondary N) is 1. The third-order valence-electron chi connectivity index (χ3n) is 5.49. The molecule has 1 saturated carbocycles. The lowest BCUT2D eigenvalue weighted by atomic mass is 10.0. The Balaban J connectivity index is 1.48. The average Bonchev–Trinajstić information content (AvgIpc) is 3.41. The summed E-state index contributed by atoms with van der Waals surface area (Å²) in [5.74, 6) is 2.88. The van der Waals surface area contributed by atoms with Crippen LogP contribution in [0, 0.1) is 5.92 Å². The largest absolute Gasteiger partial charge is 0.495 e. The molecule has 1 aliphatic carbocycles. The predicted octanol–water partition coefficient (Wildman–Crippen LogP) is 3.14. The number of methoxy groups -OCH3 is 1. The summed E-state index contributed by atoms with van der Waals surface area (Å²) in [6.07, 6.45) is 9.01. The number of imidazole rings is 1. The minimum Gasteiger partial charge on any atom is -0.495 e. The summed E-state index contributed by atoms with van der Waals surface area (Å²) in [5, 5.41) is 3.93. The van der Waals surface area contributed by atoms with Gasteiger partial charge in [0.1, 0.15) is 11.6 Å². The number of para-hydroxylation sites is 2. The topological polar surface area (TPSA) is 42.3 Å². The SMILES string of the molecule is COc1ccccc1N1CCC[C@H](N[C@H](c2nccn2C)C2CC2)C1. The highest BCUT2D eigenvalue weighted by Gasteiger charge is 2.36. The van der Waals surface area contributed by atoms with Crippen LogP contribution in [0.25, 0.3) is 0 Å². The number of anilines is 1. The van der Waals surface area contributed by atoms with Crippen LogP contribution in [0.15, 0.2) is 36.7 Å². The molecule has 2 aliphatic rings. The molecule has 2 atom stereocenters. The van der Waals surface area contributed by atoms with Crippen molar-refractivity contribution < 1.29 is 4.74 Å². The molecule has 2 aromatic rings. The maximum absolute atomic E-state index is 5.56. The van der Waals surface area contributed by atoms with Crippen molar-refractivity contribution >= 4 is 5.69 Å². The summed E-state index contributed by atoms with van der Waals surface area (Å²) in [6, 6.07) is 9.21. The molecule has 0 spiro atoms. The Bertz CT molecular complexity index is 709. The number of hydrogen-bond acceptors (Lipinski definition) is 4. The van der Waals surface area contributed by atoms with Crippen LogP contribution in [-0.2, 0) is 7.05 Å². The normalized spacial score (nSPS) is 22.0. The lowest BCUT2D eigenvalue weighted by molar-refractivity contribution is 0.341. The minimum atomic E-state index is 0.377. The van der Waals surface area contributed by atoms with E-state index in [4.69, 9.17) is 4.74 Å². The Morgan fingerprint density at radius 2 is 2.08 bits per heavy atom. The van der Waals surface area contributed by atoms with Crippen molar-refractivity contribution in [1.29, 1.82) is 0 Å². The van der Waals surface area contributed by atoms with Gasteiger partial charge >= 0.3 is 0 Å². The van der Waals surface area contributed by atoms with Crippen LogP contribution in [0.2, 0.25) is 0 Å². The summed E-state index contributed by atoms with van der Waals surface area (Å²) in [5.41, 5.74) is 1.21. The highest BCUT2D eigenvalue weighted by Crippen LogP contribution is 2.41. The molecule has 0 amide bonds. The zero-order chi connectivity index (χ0) is 17.2. The third-order valence-corrected chi connectivity index (χ3v) is 5.49. The summed E-state index contributed by atoms with van der Waals surface area (Å²) >= 11 is 0. The van der Waals surface area contributed by atoms with Gasteiger partial charge in [-0.25, -0.2) is 4.98 Å². The fourth-order valence-corrected chi connectivity index (χ4v) is 4.00. The second-order valence-corrected chi connectivity index (χ2v) is 7.34. The van der Waals surface area contributed by atoms with Gasteiger partial charge in [-0.05, 0) is 43.7 Å². The Hall–Kier alpha value is -2.01. The second kappa shape index (κ2) is 7.08. The number of aromatic nitrogens is 2. The van der Waals surface area contributed by atoms with Crippen molar-refractivity contribution in [2.45, 2.75) is 37.8 Å². The molecule has 1 aliphatic heterocycles. The maximum atomic E-state index is 5.56. The van der Waals surface area contributed by atoms with Gasteiger partial charge in [-0.2, -0.15) is 0 Å². The molecular weight excluding hydrogens is 312 g/mol. The van der Waals surface area contributed by atoms with Crippen molar-refractivity contribution in [2.24, 2.45) is 13.0 Å². The van der Waals surface area contributed by atoms with Gasteiger partial charge in [0.2, 0.25) is 0 Å². The van der Waals surface area contributed by atoms with Crippen LogP contribution in [0.4, 0.5) is 5.69 Å². The van der Waals surface area contributed by atoms with Gasteiger partial charge in [-0.1, -0.05) is 12.1 Å². The highest BCUT2D eigenvalue weighted by atomic mass is 16.5. The molecule has 0 radical (unpaired) electrons. The first-order valence-corrected chi connectivity index (χ1v) is 9.37. The maximum Gasteiger partial charge on any atom is 0.142 e. The molecule has 0 bridgehead atoms. The number of nitrogens with zero attached hydrogens (tertiary/aromatic N) is 3. The summed E-state index contributed by atoms with van der Waals surface area (Å²) in [6.45, 7) is 2.11. The molecule has 1 aromatic heterocycles. The van der Waals surface area contributed by atoms with E-state index in [1.54, 1.807) is 7.11 Å². The molecular formula is C20H28N4O. The Labute approximate surface area is 150 Å². The van der Waals surface area contributed by atoms with E-state index in [9.17, 15) is 0 Å². The molecule has 1 N–H and O–H groups in total. The molecule has 5 heteroatoms. The molecule has 1 saturated heterocycles. The van der Waals surface area contributed by atoms with Crippen molar-refractivity contribution in [3.8, 4) is 5.75 Å². The smallest absolute Gasteiger partial charge is 0.142 e. The lowest BCUT2D eigenvalue weighted by Gasteiger charge is -2.37. The first-order chi connectivity index (χ1) is 12.3. The zero-order valence-corrected chi connectivity index (χ0v) is 15.2. The average molecular weight is 340 g/mol. The van der Waals surface area contributed by atoms with E-state index in [0.29, 0.717) is 12.1 Å². The zero-order valence-electron chi connectivity index (χ0n) is 15.2. The van der Waals surface area contributed by atoms with E-state index < -0.39 is 0 Å². The predicted molar refractivity (Wildman–Crippen MR) is 100 cm³/mol. The molecule has 0 unspecified atom stereocenters. The molecule has 2 heterocycles. The quantitative estimate of drug-likeness (QED) is 0.877. The van der Waals surface area contributed by atoms with Gasteiger partial charge in [0.25, 0.3) is 0 Å². The molecule has 134 valence electrons. The molecule has 25 heavy (non-hydrogen) atoms. The number of ether oxygens (including phenoxy) is 1. The van der Waals surface area contributed by atoms with E-state index in [0.717, 1.165) is 24.8 Å². The number of hydrogen-bond donors (Lipinski definition) is 1. The fraction of sp³-hybridized carbons (Fsp3) is 0.550. The minimum absolute atomic E-state index is 0.377. The van der Waals surface area contributed by atoms with Gasteiger partial charge in [-0.3, -0.25) is 0 Å². The Morgan fingerprint density at radius 3 is 2.80 bits per heavy atom. The molecule has 2 fully saturated rings. The van der Waals surface area contributed by atoms with Gasteiger partial charge in [-0.15, -0.1) is 0 Å². The number of benzene rings is 1. The number of rotatable bonds is 6. The van der Waals surface area contributed by atoms with Crippen molar-refractivity contribution in [3.63, 3.8) is 0 Å². The van der Waals surface area contributed by atoms with Gasteiger partial charge in [0, 0.05) is 38.6 Å². The first-order valence-electron chi connectivity index (χ1n) is 9.37. The Kier molecular flexibility index (Phi) is 4.66.